The Kier molecular flexibility index (Phi) is 2.36. The summed E-state index contributed by atoms with van der Waals surface area (Å²) in [5.41, 5.74) is 1.28. The third kappa shape index (κ3) is 1.75. The zero-order chi connectivity index (χ0) is 9.26. The maximum absolute atomic E-state index is 9.38. The zero-order valence-corrected chi connectivity index (χ0v) is 7.98. The van der Waals surface area contributed by atoms with Gasteiger partial charge in [-0.2, -0.15) is 5.10 Å². The van der Waals surface area contributed by atoms with E-state index in [1.165, 1.54) is 5.56 Å². The number of nitrogens with zero attached hydrogens (tertiary/aromatic N) is 2. The lowest BCUT2D eigenvalue weighted by Crippen LogP contribution is -2.07. The minimum atomic E-state index is -0.112. The highest BCUT2D eigenvalue weighted by Crippen LogP contribution is 2.29. The van der Waals surface area contributed by atoms with Gasteiger partial charge in [-0.05, 0) is 31.2 Å². The lowest BCUT2D eigenvalue weighted by Gasteiger charge is -2.08. The van der Waals surface area contributed by atoms with Gasteiger partial charge in [0.25, 0.3) is 0 Å². The maximum Gasteiger partial charge on any atom is 0.0561 e. The Bertz CT molecular complexity index is 282. The lowest BCUT2D eigenvalue weighted by atomic mass is 10.2. The van der Waals surface area contributed by atoms with E-state index in [1.54, 1.807) is 0 Å². The number of aliphatic hydroxyl groups is 1. The molecular formula is C10H16N2O. The standard InChI is InChI=1S/C10H16N2O/c1-2-8-6-11-12(7-8)9-3-4-10(13)5-9/h6-7,9-10,13H,2-5H2,1H3. The number of aliphatic hydroxyl groups excluding tert-OH is 1. The summed E-state index contributed by atoms with van der Waals surface area (Å²) in [7, 11) is 0. The van der Waals surface area contributed by atoms with Gasteiger partial charge >= 0.3 is 0 Å². The second-order valence-electron chi connectivity index (χ2n) is 3.80. The average Bonchev–Trinajstić information content (AvgIpc) is 2.71. The van der Waals surface area contributed by atoms with Crippen LogP contribution < -0.4 is 0 Å². The fourth-order valence-corrected chi connectivity index (χ4v) is 1.93. The van der Waals surface area contributed by atoms with Crippen LogP contribution in [0.25, 0.3) is 0 Å². The number of aryl methyl sites for hydroxylation is 1. The van der Waals surface area contributed by atoms with E-state index in [4.69, 9.17) is 0 Å². The molecule has 1 fully saturated rings. The highest BCUT2D eigenvalue weighted by Gasteiger charge is 2.24. The maximum atomic E-state index is 9.38. The van der Waals surface area contributed by atoms with Crippen LogP contribution in [0.2, 0.25) is 0 Å². The Balaban J connectivity index is 2.08. The van der Waals surface area contributed by atoms with Crippen LogP contribution in [-0.4, -0.2) is 21.0 Å². The quantitative estimate of drug-likeness (QED) is 0.749. The van der Waals surface area contributed by atoms with Crippen LogP contribution >= 0.6 is 0 Å². The van der Waals surface area contributed by atoms with Crippen LogP contribution in [0.5, 0.6) is 0 Å². The Morgan fingerprint density at radius 3 is 3.00 bits per heavy atom. The van der Waals surface area contributed by atoms with Gasteiger partial charge < -0.3 is 5.11 Å². The van der Waals surface area contributed by atoms with Crippen molar-refractivity contribution < 1.29 is 5.11 Å². The van der Waals surface area contributed by atoms with Crippen LogP contribution in [0, 0.1) is 0 Å². The van der Waals surface area contributed by atoms with Gasteiger partial charge in [0, 0.05) is 6.20 Å². The molecule has 0 spiro atoms. The van der Waals surface area contributed by atoms with Crippen LogP contribution in [0.3, 0.4) is 0 Å². The predicted octanol–water partition coefficient (Wildman–Crippen LogP) is 1.53. The van der Waals surface area contributed by atoms with Gasteiger partial charge in [0.1, 0.15) is 0 Å². The van der Waals surface area contributed by atoms with Gasteiger partial charge in [-0.25, -0.2) is 0 Å². The molecule has 72 valence electrons. The first-order chi connectivity index (χ1) is 6.29. The van der Waals surface area contributed by atoms with Crippen molar-refractivity contribution >= 4 is 0 Å². The molecule has 0 radical (unpaired) electrons. The zero-order valence-electron chi connectivity index (χ0n) is 7.98. The molecular weight excluding hydrogens is 164 g/mol. The van der Waals surface area contributed by atoms with Crippen LogP contribution in [0.1, 0.15) is 37.8 Å². The molecule has 0 aliphatic heterocycles. The van der Waals surface area contributed by atoms with Gasteiger partial charge in [-0.1, -0.05) is 6.92 Å². The van der Waals surface area contributed by atoms with E-state index < -0.39 is 0 Å². The molecule has 0 amide bonds. The van der Waals surface area contributed by atoms with Crippen LogP contribution in [0.15, 0.2) is 12.4 Å². The van der Waals surface area contributed by atoms with Crippen molar-refractivity contribution in [2.75, 3.05) is 0 Å². The topological polar surface area (TPSA) is 38.0 Å². The first kappa shape index (κ1) is 8.75. The van der Waals surface area contributed by atoms with Crippen molar-refractivity contribution in [2.45, 2.75) is 44.8 Å². The van der Waals surface area contributed by atoms with Gasteiger partial charge in [0.2, 0.25) is 0 Å². The molecule has 3 nitrogen and oxygen atoms in total. The molecule has 1 saturated carbocycles. The SMILES string of the molecule is CCc1cnn(C2CCC(O)C2)c1. The van der Waals surface area contributed by atoms with Gasteiger partial charge in [-0.3, -0.25) is 4.68 Å². The summed E-state index contributed by atoms with van der Waals surface area (Å²) in [4.78, 5) is 0. The van der Waals surface area contributed by atoms with Crippen LogP contribution in [0.4, 0.5) is 0 Å². The van der Waals surface area contributed by atoms with Crippen molar-refractivity contribution in [3.63, 3.8) is 0 Å². The largest absolute Gasteiger partial charge is 0.393 e. The fourth-order valence-electron chi connectivity index (χ4n) is 1.93. The van der Waals surface area contributed by atoms with E-state index in [9.17, 15) is 5.11 Å². The number of rotatable bonds is 2. The molecule has 1 aliphatic rings. The second-order valence-corrected chi connectivity index (χ2v) is 3.80. The molecule has 1 aromatic rings. The number of hydrogen-bond acceptors (Lipinski definition) is 2. The summed E-state index contributed by atoms with van der Waals surface area (Å²) in [6.45, 7) is 2.13. The highest BCUT2D eigenvalue weighted by atomic mass is 16.3. The molecule has 1 aromatic heterocycles. The Hall–Kier alpha value is -0.830. The first-order valence-electron chi connectivity index (χ1n) is 5.00. The summed E-state index contributed by atoms with van der Waals surface area (Å²) in [6.07, 6.45) is 7.80. The molecule has 13 heavy (non-hydrogen) atoms. The molecule has 0 bridgehead atoms. The summed E-state index contributed by atoms with van der Waals surface area (Å²) < 4.78 is 2.01. The van der Waals surface area contributed by atoms with Crippen LogP contribution in [-0.2, 0) is 6.42 Å². The molecule has 0 saturated heterocycles. The van der Waals surface area contributed by atoms with E-state index in [0.29, 0.717) is 6.04 Å². The molecule has 1 N–H and O–H groups in total. The minimum absolute atomic E-state index is 0.112. The van der Waals surface area contributed by atoms with E-state index in [2.05, 4.69) is 18.2 Å². The normalized spacial score (nSPS) is 28.2. The van der Waals surface area contributed by atoms with Crippen molar-refractivity contribution in [3.05, 3.63) is 18.0 Å². The van der Waals surface area contributed by atoms with Gasteiger partial charge in [0.15, 0.2) is 0 Å². The molecule has 1 aliphatic carbocycles. The molecule has 2 atom stereocenters. The fraction of sp³-hybridized carbons (Fsp3) is 0.700. The van der Waals surface area contributed by atoms with Crippen molar-refractivity contribution in [2.24, 2.45) is 0 Å². The Morgan fingerprint density at radius 1 is 1.62 bits per heavy atom. The second kappa shape index (κ2) is 3.50. The smallest absolute Gasteiger partial charge is 0.0561 e. The third-order valence-electron chi connectivity index (χ3n) is 2.81. The summed E-state index contributed by atoms with van der Waals surface area (Å²) in [5, 5.41) is 13.7. The van der Waals surface area contributed by atoms with Gasteiger partial charge in [-0.15, -0.1) is 0 Å². The molecule has 1 heterocycles. The Morgan fingerprint density at radius 2 is 2.46 bits per heavy atom. The molecule has 3 heteroatoms. The van der Waals surface area contributed by atoms with E-state index >= 15 is 0 Å². The lowest BCUT2D eigenvalue weighted by molar-refractivity contribution is 0.177. The third-order valence-corrected chi connectivity index (χ3v) is 2.81. The Labute approximate surface area is 78.4 Å². The summed E-state index contributed by atoms with van der Waals surface area (Å²) >= 11 is 0. The van der Waals surface area contributed by atoms with Gasteiger partial charge in [0.05, 0.1) is 18.3 Å². The van der Waals surface area contributed by atoms with E-state index in [1.807, 2.05) is 10.9 Å². The minimum Gasteiger partial charge on any atom is -0.393 e. The number of aromatic nitrogens is 2. The number of hydrogen-bond donors (Lipinski definition) is 1. The summed E-state index contributed by atoms with van der Waals surface area (Å²) in [5.74, 6) is 0. The summed E-state index contributed by atoms with van der Waals surface area (Å²) in [6, 6.07) is 0.426. The van der Waals surface area contributed by atoms with Crippen molar-refractivity contribution in [1.29, 1.82) is 0 Å². The van der Waals surface area contributed by atoms with E-state index in [-0.39, 0.29) is 6.10 Å². The predicted molar refractivity (Wildman–Crippen MR) is 50.5 cm³/mol. The van der Waals surface area contributed by atoms with E-state index in [0.717, 1.165) is 25.7 Å². The van der Waals surface area contributed by atoms with Crippen molar-refractivity contribution in [3.8, 4) is 0 Å². The first-order valence-corrected chi connectivity index (χ1v) is 5.00. The monoisotopic (exact) mass is 180 g/mol. The molecule has 2 rings (SSSR count). The average molecular weight is 180 g/mol. The van der Waals surface area contributed by atoms with Crippen molar-refractivity contribution in [1.82, 2.24) is 9.78 Å². The molecule has 2 unspecified atom stereocenters. The highest BCUT2D eigenvalue weighted by molar-refractivity contribution is 5.04. The molecule has 0 aromatic carbocycles.